The number of alkyl halides is 2. The third kappa shape index (κ3) is 2.78. The van der Waals surface area contributed by atoms with E-state index in [0.717, 1.165) is 59.3 Å². The van der Waals surface area contributed by atoms with E-state index in [4.69, 9.17) is 4.74 Å². The summed E-state index contributed by atoms with van der Waals surface area (Å²) < 4.78 is 3.96. The molecule has 0 unspecified atom stereocenters. The smallest absolute Gasteiger partial charge is 0.326 e. The summed E-state index contributed by atoms with van der Waals surface area (Å²) in [6.07, 6.45) is 4.81. The lowest BCUT2D eigenvalue weighted by Crippen LogP contribution is -2.56. The van der Waals surface area contributed by atoms with Gasteiger partial charge in [0, 0.05) is 0 Å². The van der Waals surface area contributed by atoms with Gasteiger partial charge in [-0.3, -0.25) is 19.3 Å². The molecule has 2 aromatic rings. The van der Waals surface area contributed by atoms with Crippen LogP contribution in [0.1, 0.15) is 54.4 Å². The molecule has 2 aromatic carbocycles. The second-order valence-corrected chi connectivity index (χ2v) is 12.0. The molecule has 2 atom stereocenters. The maximum atomic E-state index is 13.8. The van der Waals surface area contributed by atoms with Gasteiger partial charge in [0.2, 0.25) is 11.8 Å². The van der Waals surface area contributed by atoms with Crippen LogP contribution in [0.3, 0.4) is 0 Å². The first kappa shape index (κ1) is 21.5. The number of ether oxygens (including phenoxy) is 1. The van der Waals surface area contributed by atoms with Gasteiger partial charge in [-0.05, 0) is 47.9 Å². The van der Waals surface area contributed by atoms with Crippen LogP contribution >= 0.6 is 31.9 Å². The summed E-state index contributed by atoms with van der Waals surface area (Å²) in [5.74, 6) is -2.46. The van der Waals surface area contributed by atoms with Crippen LogP contribution in [-0.2, 0) is 27.8 Å². The number of rotatable bonds is 3. The molecule has 2 fully saturated rings. The molecule has 4 aliphatic carbocycles. The van der Waals surface area contributed by atoms with Crippen molar-refractivity contribution >= 4 is 49.6 Å². The van der Waals surface area contributed by atoms with Crippen LogP contribution in [0.4, 0.5) is 0 Å². The SMILES string of the molecule is O=C(CN1C(=O)[C@H]2[C@H](C1=O)C1(Br)c3ccccc3C2(Br)c2ccccc21)OC1CCCCC1. The molecular formula is C26H23Br2NO4. The Labute approximate surface area is 209 Å². The standard InChI is InChI=1S/C26H23Br2NO4/c27-25-16-10-4-5-11-17(16)26(28,19-13-7-6-12-18(19)25)22-21(25)23(31)29(24(22)32)14-20(30)33-15-8-2-1-3-9-15/h4-7,10-13,15,21-22H,1-3,8-9,14H2/t21-,22-,25?,26?/m1/s1. The third-order valence-electron chi connectivity index (χ3n) is 7.81. The van der Waals surface area contributed by atoms with Crippen molar-refractivity contribution in [3.63, 3.8) is 0 Å². The molecule has 1 saturated carbocycles. The van der Waals surface area contributed by atoms with Gasteiger partial charge in [-0.15, -0.1) is 0 Å². The molecule has 0 N–H and O–H groups in total. The molecule has 7 rings (SSSR count). The van der Waals surface area contributed by atoms with E-state index < -0.39 is 26.5 Å². The van der Waals surface area contributed by atoms with Crippen LogP contribution < -0.4 is 0 Å². The highest BCUT2D eigenvalue weighted by Gasteiger charge is 2.72. The Morgan fingerprint density at radius 2 is 1.24 bits per heavy atom. The van der Waals surface area contributed by atoms with E-state index in [9.17, 15) is 14.4 Å². The first-order valence-corrected chi connectivity index (χ1v) is 13.1. The molecule has 7 heteroatoms. The van der Waals surface area contributed by atoms with Crippen LogP contribution in [0, 0.1) is 11.8 Å². The number of likely N-dealkylation sites (tertiary alicyclic amines) is 1. The molecule has 5 aliphatic rings. The summed E-state index contributed by atoms with van der Waals surface area (Å²) >= 11 is 7.93. The summed E-state index contributed by atoms with van der Waals surface area (Å²) in [4.78, 5) is 41.4. The van der Waals surface area contributed by atoms with E-state index in [1.165, 1.54) is 0 Å². The zero-order chi connectivity index (χ0) is 23.0. The maximum Gasteiger partial charge on any atom is 0.326 e. The minimum absolute atomic E-state index is 0.115. The molecule has 1 heterocycles. The van der Waals surface area contributed by atoms with Crippen molar-refractivity contribution < 1.29 is 19.1 Å². The number of hydrogen-bond donors (Lipinski definition) is 0. The summed E-state index contributed by atoms with van der Waals surface area (Å²) in [6, 6.07) is 15.9. The van der Waals surface area contributed by atoms with Gasteiger partial charge in [-0.2, -0.15) is 0 Å². The molecule has 170 valence electrons. The minimum Gasteiger partial charge on any atom is -0.461 e. The van der Waals surface area contributed by atoms with Gasteiger partial charge in [-0.1, -0.05) is 86.8 Å². The summed E-state index contributed by atoms with van der Waals surface area (Å²) in [7, 11) is 0. The highest BCUT2D eigenvalue weighted by molar-refractivity contribution is 9.10. The first-order valence-electron chi connectivity index (χ1n) is 11.5. The van der Waals surface area contributed by atoms with Crippen LogP contribution in [0.25, 0.3) is 0 Å². The van der Waals surface area contributed by atoms with Crippen molar-refractivity contribution in [1.29, 1.82) is 0 Å². The molecular weight excluding hydrogens is 550 g/mol. The largest absolute Gasteiger partial charge is 0.461 e. The van der Waals surface area contributed by atoms with Crippen molar-refractivity contribution in [1.82, 2.24) is 4.90 Å². The topological polar surface area (TPSA) is 63.7 Å². The van der Waals surface area contributed by atoms with Gasteiger partial charge in [0.15, 0.2) is 0 Å². The van der Waals surface area contributed by atoms with Gasteiger partial charge in [0.1, 0.15) is 12.6 Å². The molecule has 2 amide bonds. The lowest BCUT2D eigenvalue weighted by Gasteiger charge is -2.55. The number of imide groups is 1. The number of benzene rings is 2. The number of hydrogen-bond acceptors (Lipinski definition) is 4. The fourth-order valence-electron chi connectivity index (χ4n) is 6.42. The molecule has 0 radical (unpaired) electrons. The first-order chi connectivity index (χ1) is 15.9. The minimum atomic E-state index is -0.838. The van der Waals surface area contributed by atoms with Crippen molar-refractivity contribution in [2.24, 2.45) is 11.8 Å². The number of amides is 2. The highest BCUT2D eigenvalue weighted by atomic mass is 79.9. The van der Waals surface area contributed by atoms with Crippen molar-refractivity contribution in [2.45, 2.75) is 46.9 Å². The van der Waals surface area contributed by atoms with Gasteiger partial charge in [-0.25, -0.2) is 0 Å². The number of esters is 1. The molecule has 33 heavy (non-hydrogen) atoms. The van der Waals surface area contributed by atoms with Gasteiger partial charge in [0.25, 0.3) is 0 Å². The lowest BCUT2D eigenvalue weighted by atomic mass is 9.54. The van der Waals surface area contributed by atoms with Crippen molar-refractivity contribution in [3.8, 4) is 0 Å². The maximum absolute atomic E-state index is 13.8. The zero-order valence-corrected chi connectivity index (χ0v) is 21.1. The number of carbonyl (C=O) groups is 3. The van der Waals surface area contributed by atoms with Crippen molar-refractivity contribution in [3.05, 3.63) is 70.8 Å². The Bertz CT molecular complexity index is 1070. The van der Waals surface area contributed by atoms with Crippen LogP contribution in [0.15, 0.2) is 48.5 Å². The van der Waals surface area contributed by atoms with E-state index >= 15 is 0 Å². The van der Waals surface area contributed by atoms with Crippen LogP contribution in [-0.4, -0.2) is 35.3 Å². The molecule has 1 saturated heterocycles. The van der Waals surface area contributed by atoms with Gasteiger partial charge >= 0.3 is 5.97 Å². The Morgan fingerprint density at radius 1 is 0.818 bits per heavy atom. The Morgan fingerprint density at radius 3 is 1.67 bits per heavy atom. The molecule has 0 spiro atoms. The van der Waals surface area contributed by atoms with Crippen LogP contribution in [0.5, 0.6) is 0 Å². The van der Waals surface area contributed by atoms with Crippen LogP contribution in [0.2, 0.25) is 0 Å². The van der Waals surface area contributed by atoms with Gasteiger partial charge in [0.05, 0.1) is 20.5 Å². The van der Waals surface area contributed by atoms with E-state index in [2.05, 4.69) is 31.9 Å². The monoisotopic (exact) mass is 571 g/mol. The second-order valence-electron chi connectivity index (χ2n) is 9.48. The predicted molar refractivity (Wildman–Crippen MR) is 129 cm³/mol. The Balaban J connectivity index is 1.41. The van der Waals surface area contributed by atoms with E-state index in [1.807, 2.05) is 48.5 Å². The summed E-state index contributed by atoms with van der Waals surface area (Å²) in [5, 5.41) is 0. The number of carbonyl (C=O) groups excluding carboxylic acids is 3. The average Bonchev–Trinajstić information content (AvgIpc) is 3.09. The number of halogens is 2. The second kappa shape index (κ2) is 7.51. The number of nitrogens with zero attached hydrogens (tertiary/aromatic N) is 1. The summed E-state index contributed by atoms with van der Waals surface area (Å²) in [6.45, 7) is -0.333. The quantitative estimate of drug-likeness (QED) is 0.302. The Hall–Kier alpha value is -1.99. The summed E-state index contributed by atoms with van der Waals surface area (Å²) in [5.41, 5.74) is 3.92. The third-order valence-corrected chi connectivity index (χ3v) is 10.5. The van der Waals surface area contributed by atoms with Gasteiger partial charge < -0.3 is 4.74 Å². The predicted octanol–water partition coefficient (Wildman–Crippen LogP) is 4.77. The molecule has 2 bridgehead atoms. The van der Waals surface area contributed by atoms with Crippen molar-refractivity contribution in [2.75, 3.05) is 6.54 Å². The average molecular weight is 573 g/mol. The highest BCUT2D eigenvalue weighted by Crippen LogP contribution is 2.70. The zero-order valence-electron chi connectivity index (χ0n) is 17.9. The lowest BCUT2D eigenvalue weighted by molar-refractivity contribution is -0.157. The molecule has 1 aliphatic heterocycles. The Kier molecular flexibility index (Phi) is 4.90. The molecule has 0 aromatic heterocycles. The molecule has 5 nitrogen and oxygen atoms in total. The van der Waals surface area contributed by atoms with E-state index in [-0.39, 0.29) is 24.5 Å². The fourth-order valence-corrected chi connectivity index (χ4v) is 8.72. The fraction of sp³-hybridized carbons (Fsp3) is 0.423. The normalized spacial score (nSPS) is 32.4. The van der Waals surface area contributed by atoms with E-state index in [1.54, 1.807) is 0 Å². The van der Waals surface area contributed by atoms with E-state index in [0.29, 0.717) is 0 Å².